The monoisotopic (exact) mass is 516 g/mol. The first-order chi connectivity index (χ1) is 13.6. The van der Waals surface area contributed by atoms with Crippen molar-refractivity contribution in [2.45, 2.75) is 52.2 Å². The summed E-state index contributed by atoms with van der Waals surface area (Å²) in [4.78, 5) is 4.53. The summed E-state index contributed by atoms with van der Waals surface area (Å²) >= 11 is 0. The molecule has 0 radical (unpaired) electrons. The Morgan fingerprint density at radius 1 is 1.21 bits per heavy atom. The lowest BCUT2D eigenvalue weighted by Gasteiger charge is -2.16. The van der Waals surface area contributed by atoms with Crippen LogP contribution in [0.2, 0.25) is 0 Å². The number of methoxy groups -OCH3 is 1. The molecule has 2 rings (SSSR count). The highest BCUT2D eigenvalue weighted by Gasteiger charge is 2.13. The maximum Gasteiger partial charge on any atom is 0.191 e. The first-order valence-electron chi connectivity index (χ1n) is 9.90. The lowest BCUT2D eigenvalue weighted by molar-refractivity contribution is 0.180. The predicted molar refractivity (Wildman–Crippen MR) is 126 cm³/mol. The number of aliphatic imine (C=N–C) groups is 1. The lowest BCUT2D eigenvalue weighted by atomic mass is 9.99. The van der Waals surface area contributed by atoms with Crippen molar-refractivity contribution in [1.82, 2.24) is 15.8 Å². The minimum atomic E-state index is -0.675. The SMILES string of the molecule is CCNC(=NCc1cc(C(CC)CC)no1)NCC(O)c1cccc(OC)c1.I. The Labute approximate surface area is 190 Å². The minimum absolute atomic E-state index is 0. The Morgan fingerprint density at radius 2 is 1.97 bits per heavy atom. The van der Waals surface area contributed by atoms with E-state index in [9.17, 15) is 5.11 Å². The fraction of sp³-hybridized carbons (Fsp3) is 0.524. The van der Waals surface area contributed by atoms with Gasteiger partial charge in [-0.15, -0.1) is 24.0 Å². The average Bonchev–Trinajstić information content (AvgIpc) is 3.19. The molecule has 7 nitrogen and oxygen atoms in total. The van der Waals surface area contributed by atoms with Crippen LogP contribution >= 0.6 is 24.0 Å². The topological polar surface area (TPSA) is 91.9 Å². The fourth-order valence-electron chi connectivity index (χ4n) is 2.96. The average molecular weight is 516 g/mol. The molecule has 0 amide bonds. The van der Waals surface area contributed by atoms with Crippen LogP contribution in [0.5, 0.6) is 5.75 Å². The zero-order valence-corrected chi connectivity index (χ0v) is 20.0. The Bertz CT molecular complexity index is 747. The van der Waals surface area contributed by atoms with Crippen LogP contribution in [0.15, 0.2) is 39.8 Å². The molecule has 0 aliphatic rings. The summed E-state index contributed by atoms with van der Waals surface area (Å²) < 4.78 is 10.6. The maximum atomic E-state index is 10.4. The number of aliphatic hydroxyl groups excluding tert-OH is 1. The van der Waals surface area contributed by atoms with Crippen molar-refractivity contribution in [2.24, 2.45) is 4.99 Å². The number of halogens is 1. The number of ether oxygens (including phenoxy) is 1. The van der Waals surface area contributed by atoms with Crippen molar-refractivity contribution in [3.8, 4) is 5.75 Å². The molecule has 162 valence electrons. The van der Waals surface area contributed by atoms with Gasteiger partial charge in [0.25, 0.3) is 0 Å². The van der Waals surface area contributed by atoms with Crippen LogP contribution in [0.3, 0.4) is 0 Å². The van der Waals surface area contributed by atoms with Crippen molar-refractivity contribution in [1.29, 1.82) is 0 Å². The fourth-order valence-corrected chi connectivity index (χ4v) is 2.96. The summed E-state index contributed by atoms with van der Waals surface area (Å²) in [7, 11) is 1.61. The Hall–Kier alpha value is -1.81. The van der Waals surface area contributed by atoms with E-state index in [-0.39, 0.29) is 24.0 Å². The van der Waals surface area contributed by atoms with Crippen LogP contribution in [-0.4, -0.2) is 36.4 Å². The molecule has 1 unspecified atom stereocenters. The van der Waals surface area contributed by atoms with Gasteiger partial charge in [0, 0.05) is 25.1 Å². The number of hydrogen-bond donors (Lipinski definition) is 3. The Kier molecular flexibility index (Phi) is 11.7. The second kappa shape index (κ2) is 13.4. The van der Waals surface area contributed by atoms with Gasteiger partial charge in [-0.2, -0.15) is 0 Å². The summed E-state index contributed by atoms with van der Waals surface area (Å²) in [6, 6.07) is 9.38. The third-order valence-corrected chi connectivity index (χ3v) is 4.66. The number of nitrogens with one attached hydrogen (secondary N) is 2. The first-order valence-corrected chi connectivity index (χ1v) is 9.90. The van der Waals surface area contributed by atoms with Crippen LogP contribution in [0.1, 0.15) is 62.7 Å². The van der Waals surface area contributed by atoms with Gasteiger partial charge in [-0.3, -0.25) is 0 Å². The van der Waals surface area contributed by atoms with E-state index in [2.05, 4.69) is 34.6 Å². The molecular formula is C21H33IN4O3. The number of nitrogens with zero attached hydrogens (tertiary/aromatic N) is 2. The quantitative estimate of drug-likeness (QED) is 0.251. The van der Waals surface area contributed by atoms with Crippen LogP contribution in [0.4, 0.5) is 0 Å². The Balaban J connectivity index is 0.00000420. The molecule has 3 N–H and O–H groups in total. The summed E-state index contributed by atoms with van der Waals surface area (Å²) in [5, 5.41) is 20.9. The highest BCUT2D eigenvalue weighted by atomic mass is 127. The summed E-state index contributed by atoms with van der Waals surface area (Å²) in [6.07, 6.45) is 1.40. The van der Waals surface area contributed by atoms with Crippen molar-refractivity contribution < 1.29 is 14.4 Å². The van der Waals surface area contributed by atoms with E-state index in [1.807, 2.05) is 37.3 Å². The summed E-state index contributed by atoms with van der Waals surface area (Å²) in [5.74, 6) is 2.49. The molecule has 0 aliphatic heterocycles. The zero-order chi connectivity index (χ0) is 20.4. The zero-order valence-electron chi connectivity index (χ0n) is 17.6. The van der Waals surface area contributed by atoms with Crippen molar-refractivity contribution in [3.63, 3.8) is 0 Å². The third kappa shape index (κ3) is 7.85. The number of hydrogen-bond acceptors (Lipinski definition) is 5. The molecule has 0 fully saturated rings. The van der Waals surface area contributed by atoms with Crippen molar-refractivity contribution in [3.05, 3.63) is 47.3 Å². The van der Waals surface area contributed by atoms with Crippen molar-refractivity contribution in [2.75, 3.05) is 20.2 Å². The van der Waals surface area contributed by atoms with Gasteiger partial charge in [0.05, 0.1) is 18.9 Å². The largest absolute Gasteiger partial charge is 0.497 e. The van der Waals surface area contributed by atoms with Gasteiger partial charge in [-0.1, -0.05) is 31.1 Å². The molecule has 0 aliphatic carbocycles. The van der Waals surface area contributed by atoms with Gasteiger partial charge in [-0.25, -0.2) is 4.99 Å². The number of rotatable bonds is 10. The van der Waals surface area contributed by atoms with Gasteiger partial charge in [0.1, 0.15) is 12.3 Å². The van der Waals surface area contributed by atoms with Gasteiger partial charge in [0.2, 0.25) is 0 Å². The van der Waals surface area contributed by atoms with Gasteiger partial charge >= 0.3 is 0 Å². The van der Waals surface area contributed by atoms with E-state index < -0.39 is 6.10 Å². The molecule has 0 saturated carbocycles. The first kappa shape index (κ1) is 25.2. The molecule has 1 aromatic carbocycles. The summed E-state index contributed by atoms with van der Waals surface area (Å²) in [6.45, 7) is 7.74. The molecule has 2 aromatic rings. The normalized spacial score (nSPS) is 12.4. The molecule has 1 aromatic heterocycles. The maximum absolute atomic E-state index is 10.4. The molecule has 29 heavy (non-hydrogen) atoms. The van der Waals surface area contributed by atoms with Gasteiger partial charge in [-0.05, 0) is 37.5 Å². The molecule has 0 bridgehead atoms. The molecule has 1 heterocycles. The van der Waals surface area contributed by atoms with Crippen LogP contribution in [0, 0.1) is 0 Å². The van der Waals surface area contributed by atoms with Crippen LogP contribution in [0.25, 0.3) is 0 Å². The second-order valence-corrected chi connectivity index (χ2v) is 6.60. The van der Waals surface area contributed by atoms with Crippen molar-refractivity contribution >= 4 is 29.9 Å². The molecular weight excluding hydrogens is 483 g/mol. The van der Waals surface area contributed by atoms with E-state index in [1.54, 1.807) is 7.11 Å². The lowest BCUT2D eigenvalue weighted by Crippen LogP contribution is -2.39. The van der Waals surface area contributed by atoms with E-state index in [0.29, 0.717) is 25.0 Å². The second-order valence-electron chi connectivity index (χ2n) is 6.60. The molecule has 0 spiro atoms. The third-order valence-electron chi connectivity index (χ3n) is 4.66. The minimum Gasteiger partial charge on any atom is -0.497 e. The Morgan fingerprint density at radius 3 is 2.62 bits per heavy atom. The van der Waals surface area contributed by atoms with Gasteiger partial charge < -0.3 is 25.0 Å². The van der Waals surface area contributed by atoms with E-state index >= 15 is 0 Å². The number of aromatic nitrogens is 1. The van der Waals surface area contributed by atoms with Crippen LogP contribution < -0.4 is 15.4 Å². The van der Waals surface area contributed by atoms with E-state index in [1.165, 1.54) is 0 Å². The van der Waals surface area contributed by atoms with Crippen LogP contribution in [-0.2, 0) is 6.54 Å². The highest BCUT2D eigenvalue weighted by Crippen LogP contribution is 2.22. The molecule has 0 saturated heterocycles. The van der Waals surface area contributed by atoms with E-state index in [4.69, 9.17) is 9.26 Å². The smallest absolute Gasteiger partial charge is 0.191 e. The van der Waals surface area contributed by atoms with Gasteiger partial charge in [0.15, 0.2) is 11.7 Å². The summed E-state index contributed by atoms with van der Waals surface area (Å²) in [5.41, 5.74) is 1.77. The number of guanidine groups is 1. The number of aliphatic hydroxyl groups is 1. The molecule has 1 atom stereocenters. The standard InChI is InChI=1S/C21H32N4O3.HI/c1-5-15(6-2)19-12-18(28-25-19)13-23-21(22-7-3)24-14-20(26)16-9-8-10-17(11-16)27-4;/h8-12,15,20,26H,5-7,13-14H2,1-4H3,(H2,22,23,24);1H. The highest BCUT2D eigenvalue weighted by molar-refractivity contribution is 14.0. The predicted octanol–water partition coefficient (Wildman–Crippen LogP) is 3.99. The van der Waals surface area contributed by atoms with E-state index in [0.717, 1.165) is 42.2 Å². The number of benzene rings is 1. The molecule has 8 heteroatoms.